The van der Waals surface area contributed by atoms with Gasteiger partial charge in [-0.1, -0.05) is 30.3 Å². The van der Waals surface area contributed by atoms with Crippen molar-refractivity contribution in [1.82, 2.24) is 5.32 Å². The molecule has 0 aromatic heterocycles. The van der Waals surface area contributed by atoms with Crippen molar-refractivity contribution in [3.05, 3.63) is 70.5 Å². The summed E-state index contributed by atoms with van der Waals surface area (Å²) in [7, 11) is 0. The summed E-state index contributed by atoms with van der Waals surface area (Å²) < 4.78 is 13.8. The van der Waals surface area contributed by atoms with Crippen molar-refractivity contribution in [2.24, 2.45) is 5.73 Å². The molecule has 2 rings (SSSR count). The summed E-state index contributed by atoms with van der Waals surface area (Å²) in [5, 5.41) is 3.21. The zero-order valence-electron chi connectivity index (χ0n) is 12.0. The number of carbonyl (C=O) groups is 1. The van der Waals surface area contributed by atoms with Crippen LogP contribution >= 0.6 is 0 Å². The molecule has 3 nitrogen and oxygen atoms in total. The summed E-state index contributed by atoms with van der Waals surface area (Å²) in [4.78, 5) is 11.0. The summed E-state index contributed by atoms with van der Waals surface area (Å²) in [6.45, 7) is 3.27. The molecule has 0 spiro atoms. The van der Waals surface area contributed by atoms with Gasteiger partial charge in [-0.3, -0.25) is 4.79 Å². The second kappa shape index (κ2) is 6.99. The molecule has 2 aromatic carbocycles. The molecule has 0 aliphatic carbocycles. The first-order chi connectivity index (χ1) is 10.1. The Morgan fingerprint density at radius 2 is 1.95 bits per heavy atom. The van der Waals surface area contributed by atoms with Crippen molar-refractivity contribution in [1.29, 1.82) is 0 Å². The number of primary amides is 1. The van der Waals surface area contributed by atoms with Crippen LogP contribution in [0.3, 0.4) is 0 Å². The zero-order chi connectivity index (χ0) is 15.2. The Bertz CT molecular complexity index is 640. The lowest BCUT2D eigenvalue weighted by molar-refractivity contribution is 0.1000. The topological polar surface area (TPSA) is 55.1 Å². The van der Waals surface area contributed by atoms with Gasteiger partial charge in [-0.15, -0.1) is 0 Å². The van der Waals surface area contributed by atoms with E-state index >= 15 is 0 Å². The minimum atomic E-state index is -0.618. The van der Waals surface area contributed by atoms with Crippen LogP contribution in [0.5, 0.6) is 0 Å². The minimum absolute atomic E-state index is 0.191. The number of halogens is 1. The maximum atomic E-state index is 13.8. The molecule has 0 bridgehead atoms. The predicted octanol–water partition coefficient (Wildman–Crippen LogP) is 2.57. The minimum Gasteiger partial charge on any atom is -0.366 e. The lowest BCUT2D eigenvalue weighted by atomic mass is 10.1. The van der Waals surface area contributed by atoms with Gasteiger partial charge in [-0.2, -0.15) is 0 Å². The van der Waals surface area contributed by atoms with Gasteiger partial charge in [-0.05, 0) is 43.1 Å². The molecule has 0 unspecified atom stereocenters. The smallest absolute Gasteiger partial charge is 0.248 e. The molecule has 0 atom stereocenters. The Morgan fingerprint density at radius 1 is 1.19 bits per heavy atom. The van der Waals surface area contributed by atoms with E-state index < -0.39 is 11.7 Å². The summed E-state index contributed by atoms with van der Waals surface area (Å²) in [6, 6.07) is 12.5. The molecule has 0 aliphatic rings. The fraction of sp³-hybridized carbons (Fsp3) is 0.235. The highest BCUT2D eigenvalue weighted by molar-refractivity contribution is 5.92. The Balaban J connectivity index is 1.87. The average molecular weight is 286 g/mol. The summed E-state index contributed by atoms with van der Waals surface area (Å²) >= 11 is 0. The van der Waals surface area contributed by atoms with E-state index in [0.717, 1.165) is 13.0 Å². The van der Waals surface area contributed by atoms with Crippen LogP contribution in [-0.4, -0.2) is 12.5 Å². The van der Waals surface area contributed by atoms with Crippen LogP contribution in [0, 0.1) is 12.7 Å². The number of carbonyl (C=O) groups excluding carboxylic acids is 1. The first-order valence-electron chi connectivity index (χ1n) is 6.91. The molecule has 0 fully saturated rings. The molecule has 0 saturated carbocycles. The number of amides is 1. The van der Waals surface area contributed by atoms with Gasteiger partial charge in [0.1, 0.15) is 5.82 Å². The van der Waals surface area contributed by atoms with Crippen molar-refractivity contribution in [3.8, 4) is 0 Å². The number of nitrogens with two attached hydrogens (primary N) is 1. The van der Waals surface area contributed by atoms with Crippen molar-refractivity contribution >= 4 is 5.91 Å². The fourth-order valence-corrected chi connectivity index (χ4v) is 2.18. The Kier molecular flexibility index (Phi) is 5.06. The van der Waals surface area contributed by atoms with E-state index in [1.165, 1.54) is 17.2 Å². The van der Waals surface area contributed by atoms with E-state index in [4.69, 9.17) is 5.73 Å². The van der Waals surface area contributed by atoms with E-state index in [0.29, 0.717) is 12.1 Å². The van der Waals surface area contributed by atoms with Crippen LogP contribution in [0.25, 0.3) is 0 Å². The van der Waals surface area contributed by atoms with Gasteiger partial charge in [0.25, 0.3) is 0 Å². The SMILES string of the molecule is Cc1ccccc1CCNCc1ccc(C(N)=O)cc1F. The van der Waals surface area contributed by atoms with Crippen molar-refractivity contribution in [2.45, 2.75) is 19.9 Å². The third kappa shape index (κ3) is 4.13. The number of aryl methyl sites for hydroxylation is 1. The number of rotatable bonds is 6. The first kappa shape index (κ1) is 15.2. The van der Waals surface area contributed by atoms with Gasteiger partial charge in [0, 0.05) is 17.7 Å². The number of hydrogen-bond acceptors (Lipinski definition) is 2. The first-order valence-corrected chi connectivity index (χ1v) is 6.91. The Hall–Kier alpha value is -2.20. The van der Waals surface area contributed by atoms with Crippen LogP contribution in [-0.2, 0) is 13.0 Å². The largest absolute Gasteiger partial charge is 0.366 e. The van der Waals surface area contributed by atoms with Crippen LogP contribution in [0.15, 0.2) is 42.5 Å². The van der Waals surface area contributed by atoms with E-state index in [-0.39, 0.29) is 5.56 Å². The molecule has 0 saturated heterocycles. The zero-order valence-corrected chi connectivity index (χ0v) is 12.0. The predicted molar refractivity (Wildman–Crippen MR) is 81.5 cm³/mol. The molecule has 1 amide bonds. The van der Waals surface area contributed by atoms with E-state index in [1.54, 1.807) is 12.1 Å². The highest BCUT2D eigenvalue weighted by Gasteiger charge is 2.06. The quantitative estimate of drug-likeness (QED) is 0.802. The number of benzene rings is 2. The third-order valence-corrected chi connectivity index (χ3v) is 3.49. The standard InChI is InChI=1S/C17H19FN2O/c1-12-4-2-3-5-13(12)8-9-20-11-15-7-6-14(17(19)21)10-16(15)18/h2-7,10,20H,8-9,11H2,1H3,(H2,19,21). The molecule has 0 heterocycles. The van der Waals surface area contributed by atoms with E-state index in [1.807, 2.05) is 12.1 Å². The lowest BCUT2D eigenvalue weighted by Crippen LogP contribution is -2.18. The van der Waals surface area contributed by atoms with Crippen molar-refractivity contribution < 1.29 is 9.18 Å². The molecule has 21 heavy (non-hydrogen) atoms. The molecular weight excluding hydrogens is 267 g/mol. The fourth-order valence-electron chi connectivity index (χ4n) is 2.18. The van der Waals surface area contributed by atoms with Crippen molar-refractivity contribution in [3.63, 3.8) is 0 Å². The molecular formula is C17H19FN2O. The Labute approximate surface area is 124 Å². The van der Waals surface area contributed by atoms with Gasteiger partial charge in [-0.25, -0.2) is 4.39 Å². The van der Waals surface area contributed by atoms with Crippen LogP contribution in [0.4, 0.5) is 4.39 Å². The second-order valence-corrected chi connectivity index (χ2v) is 5.02. The highest BCUT2D eigenvalue weighted by Crippen LogP contribution is 2.11. The van der Waals surface area contributed by atoms with Gasteiger partial charge in [0.05, 0.1) is 0 Å². The second-order valence-electron chi connectivity index (χ2n) is 5.02. The molecule has 4 heteroatoms. The van der Waals surface area contributed by atoms with Crippen LogP contribution in [0.2, 0.25) is 0 Å². The lowest BCUT2D eigenvalue weighted by Gasteiger charge is -2.08. The maximum absolute atomic E-state index is 13.8. The molecule has 0 radical (unpaired) electrons. The van der Waals surface area contributed by atoms with E-state index in [9.17, 15) is 9.18 Å². The monoisotopic (exact) mass is 286 g/mol. The maximum Gasteiger partial charge on any atom is 0.248 e. The van der Waals surface area contributed by atoms with Crippen LogP contribution < -0.4 is 11.1 Å². The molecule has 2 aromatic rings. The Morgan fingerprint density at radius 3 is 2.62 bits per heavy atom. The highest BCUT2D eigenvalue weighted by atomic mass is 19.1. The molecule has 3 N–H and O–H groups in total. The normalized spacial score (nSPS) is 10.6. The van der Waals surface area contributed by atoms with Gasteiger partial charge in [0.2, 0.25) is 5.91 Å². The average Bonchev–Trinajstić information content (AvgIpc) is 2.46. The van der Waals surface area contributed by atoms with Crippen molar-refractivity contribution in [2.75, 3.05) is 6.54 Å². The van der Waals surface area contributed by atoms with Gasteiger partial charge >= 0.3 is 0 Å². The number of hydrogen-bond donors (Lipinski definition) is 2. The summed E-state index contributed by atoms with van der Waals surface area (Å²) in [5.41, 5.74) is 8.38. The molecule has 110 valence electrons. The summed E-state index contributed by atoms with van der Waals surface area (Å²) in [6.07, 6.45) is 0.896. The van der Waals surface area contributed by atoms with E-state index in [2.05, 4.69) is 24.4 Å². The number of nitrogens with one attached hydrogen (secondary N) is 1. The van der Waals surface area contributed by atoms with Gasteiger partial charge in [0.15, 0.2) is 0 Å². The van der Waals surface area contributed by atoms with Crippen LogP contribution in [0.1, 0.15) is 27.0 Å². The molecule has 0 aliphatic heterocycles. The third-order valence-electron chi connectivity index (χ3n) is 3.49. The summed E-state index contributed by atoms with van der Waals surface area (Å²) in [5.74, 6) is -1.03. The van der Waals surface area contributed by atoms with Gasteiger partial charge < -0.3 is 11.1 Å².